The molecule has 0 saturated heterocycles. The topological polar surface area (TPSA) is 99.3 Å². The molecule has 0 fully saturated rings. The summed E-state index contributed by atoms with van der Waals surface area (Å²) in [5, 5.41) is 20.3. The van der Waals surface area contributed by atoms with Crippen LogP contribution in [-0.4, -0.2) is 27.2 Å². The summed E-state index contributed by atoms with van der Waals surface area (Å²) in [5.74, 6) is 0.119. The van der Waals surface area contributed by atoms with Crippen LogP contribution in [0.2, 0.25) is 0 Å². The third-order valence-electron chi connectivity index (χ3n) is 4.60. The maximum Gasteiger partial charge on any atom is 0.310 e. The van der Waals surface area contributed by atoms with Gasteiger partial charge in [-0.15, -0.1) is 0 Å². The largest absolute Gasteiger partial charge is 0.477 e. The normalized spacial score (nSPS) is 10.7. The number of nitrogens with zero attached hydrogens (tertiary/aromatic N) is 3. The van der Waals surface area contributed by atoms with E-state index in [2.05, 4.69) is 10.4 Å². The smallest absolute Gasteiger partial charge is 0.310 e. The Morgan fingerprint density at radius 3 is 2.67 bits per heavy atom. The van der Waals surface area contributed by atoms with Crippen LogP contribution in [-0.2, 0) is 11.3 Å². The molecule has 0 radical (unpaired) electrons. The van der Waals surface area contributed by atoms with Crippen molar-refractivity contribution in [3.63, 3.8) is 0 Å². The maximum absolute atomic E-state index is 12.3. The molecule has 4 rings (SSSR count). The molecule has 0 aliphatic heterocycles. The van der Waals surface area contributed by atoms with Gasteiger partial charge in [0.05, 0.1) is 17.7 Å². The van der Waals surface area contributed by atoms with Gasteiger partial charge in [0, 0.05) is 12.1 Å². The SMILES string of the molecule is O=C(COc1ccccc1[N+](=O)[O-])Nc1ccnn1Cc1cccc2ccccc12. The molecule has 0 unspecified atom stereocenters. The number of fused-ring (bicyclic) bond motifs is 1. The molecular weight excluding hydrogens is 384 g/mol. The third kappa shape index (κ3) is 4.12. The number of hydrogen-bond donors (Lipinski definition) is 1. The standard InChI is InChI=1S/C22H18N4O4/c27-22(15-30-20-11-4-3-10-19(20)26(28)29)24-21-12-13-23-25(21)14-17-8-5-7-16-6-1-2-9-18(16)17/h1-13H,14-15H2,(H,24,27). The average molecular weight is 402 g/mol. The number of carbonyl (C=O) groups excluding carboxylic acids is 1. The second-order valence-corrected chi connectivity index (χ2v) is 6.57. The summed E-state index contributed by atoms with van der Waals surface area (Å²) in [5.41, 5.74) is 0.884. The van der Waals surface area contributed by atoms with E-state index < -0.39 is 10.8 Å². The zero-order valence-corrected chi connectivity index (χ0v) is 15.9. The number of aromatic nitrogens is 2. The van der Waals surface area contributed by atoms with Gasteiger partial charge in [0.15, 0.2) is 12.4 Å². The van der Waals surface area contributed by atoms with Crippen LogP contribution in [0.3, 0.4) is 0 Å². The lowest BCUT2D eigenvalue weighted by atomic mass is 10.0. The van der Waals surface area contributed by atoms with E-state index in [4.69, 9.17) is 4.74 Å². The van der Waals surface area contributed by atoms with Crippen molar-refractivity contribution in [2.24, 2.45) is 0 Å². The van der Waals surface area contributed by atoms with Gasteiger partial charge in [-0.2, -0.15) is 5.10 Å². The average Bonchev–Trinajstić information content (AvgIpc) is 3.19. The molecule has 4 aromatic rings. The molecule has 8 nitrogen and oxygen atoms in total. The monoisotopic (exact) mass is 402 g/mol. The van der Waals surface area contributed by atoms with Crippen LogP contribution in [0.4, 0.5) is 11.5 Å². The van der Waals surface area contributed by atoms with Crippen molar-refractivity contribution in [2.75, 3.05) is 11.9 Å². The number of nitro benzene ring substituents is 1. The lowest BCUT2D eigenvalue weighted by Gasteiger charge is -2.11. The Morgan fingerprint density at radius 1 is 1.03 bits per heavy atom. The number of para-hydroxylation sites is 2. The summed E-state index contributed by atoms with van der Waals surface area (Å²) < 4.78 is 7.03. The molecule has 1 heterocycles. The number of hydrogen-bond acceptors (Lipinski definition) is 5. The quantitative estimate of drug-likeness (QED) is 0.372. The summed E-state index contributed by atoms with van der Waals surface area (Å²) in [7, 11) is 0. The summed E-state index contributed by atoms with van der Waals surface area (Å²) in [4.78, 5) is 22.8. The molecule has 1 N–H and O–H groups in total. The van der Waals surface area contributed by atoms with Gasteiger partial charge in [-0.05, 0) is 22.4 Å². The van der Waals surface area contributed by atoms with Crippen LogP contribution < -0.4 is 10.1 Å². The molecule has 30 heavy (non-hydrogen) atoms. The van der Waals surface area contributed by atoms with Gasteiger partial charge in [0.2, 0.25) is 0 Å². The van der Waals surface area contributed by atoms with Gasteiger partial charge in [0.1, 0.15) is 5.82 Å². The van der Waals surface area contributed by atoms with E-state index in [1.165, 1.54) is 18.2 Å². The van der Waals surface area contributed by atoms with Crippen molar-refractivity contribution >= 4 is 28.2 Å². The van der Waals surface area contributed by atoms with Crippen LogP contribution in [0, 0.1) is 10.1 Å². The molecule has 150 valence electrons. The minimum Gasteiger partial charge on any atom is -0.477 e. The highest BCUT2D eigenvalue weighted by atomic mass is 16.6. The van der Waals surface area contributed by atoms with Gasteiger partial charge in [0.25, 0.3) is 5.91 Å². The fourth-order valence-electron chi connectivity index (χ4n) is 3.21. The lowest BCUT2D eigenvalue weighted by Crippen LogP contribution is -2.22. The van der Waals surface area contributed by atoms with Crippen molar-refractivity contribution in [3.05, 3.63) is 94.7 Å². The number of nitro groups is 1. The van der Waals surface area contributed by atoms with Gasteiger partial charge in [-0.25, -0.2) is 4.68 Å². The van der Waals surface area contributed by atoms with E-state index in [-0.39, 0.29) is 18.0 Å². The first-order valence-corrected chi connectivity index (χ1v) is 9.26. The van der Waals surface area contributed by atoms with E-state index in [1.54, 1.807) is 23.0 Å². The highest BCUT2D eigenvalue weighted by Gasteiger charge is 2.16. The van der Waals surface area contributed by atoms with Crippen molar-refractivity contribution in [3.8, 4) is 5.75 Å². The van der Waals surface area contributed by atoms with E-state index in [1.807, 2.05) is 42.5 Å². The van der Waals surface area contributed by atoms with Crippen LogP contribution >= 0.6 is 0 Å². The molecule has 0 spiro atoms. The zero-order valence-electron chi connectivity index (χ0n) is 15.9. The van der Waals surface area contributed by atoms with Crippen LogP contribution in [0.15, 0.2) is 79.0 Å². The van der Waals surface area contributed by atoms with Crippen molar-refractivity contribution in [1.29, 1.82) is 0 Å². The molecule has 0 aliphatic rings. The first kappa shape index (κ1) is 19.1. The van der Waals surface area contributed by atoms with Crippen LogP contribution in [0.25, 0.3) is 10.8 Å². The molecule has 0 aliphatic carbocycles. The fraction of sp³-hybridized carbons (Fsp3) is 0.0909. The van der Waals surface area contributed by atoms with Gasteiger partial charge >= 0.3 is 5.69 Å². The Hall–Kier alpha value is -4.20. The zero-order chi connectivity index (χ0) is 20.9. The predicted octanol–water partition coefficient (Wildman–Crippen LogP) is 4.01. The number of amides is 1. The first-order chi connectivity index (χ1) is 14.6. The highest BCUT2D eigenvalue weighted by molar-refractivity contribution is 5.91. The Labute approximate surface area is 171 Å². The second-order valence-electron chi connectivity index (χ2n) is 6.57. The fourth-order valence-corrected chi connectivity index (χ4v) is 3.21. The minimum absolute atomic E-state index is 0.0434. The van der Waals surface area contributed by atoms with Gasteiger partial charge in [-0.3, -0.25) is 14.9 Å². The summed E-state index contributed by atoms with van der Waals surface area (Å²) in [6.45, 7) is 0.124. The highest BCUT2D eigenvalue weighted by Crippen LogP contribution is 2.26. The van der Waals surface area contributed by atoms with Gasteiger partial charge < -0.3 is 10.1 Å². The van der Waals surface area contributed by atoms with E-state index >= 15 is 0 Å². The number of nitrogens with one attached hydrogen (secondary N) is 1. The molecule has 1 aromatic heterocycles. The Bertz CT molecular complexity index is 1210. The number of benzene rings is 3. The predicted molar refractivity (Wildman–Crippen MR) is 112 cm³/mol. The molecule has 3 aromatic carbocycles. The number of ether oxygens (including phenoxy) is 1. The van der Waals surface area contributed by atoms with Crippen LogP contribution in [0.1, 0.15) is 5.56 Å². The van der Waals surface area contributed by atoms with E-state index in [0.717, 1.165) is 16.3 Å². The van der Waals surface area contributed by atoms with E-state index in [0.29, 0.717) is 12.4 Å². The number of carbonyl (C=O) groups is 1. The van der Waals surface area contributed by atoms with Crippen LogP contribution in [0.5, 0.6) is 5.75 Å². The molecule has 1 amide bonds. The van der Waals surface area contributed by atoms with E-state index in [9.17, 15) is 14.9 Å². The Balaban J connectivity index is 1.45. The van der Waals surface area contributed by atoms with Gasteiger partial charge in [-0.1, -0.05) is 54.6 Å². The molecule has 0 bridgehead atoms. The minimum atomic E-state index is -0.549. The Morgan fingerprint density at radius 2 is 1.80 bits per heavy atom. The molecule has 0 saturated carbocycles. The first-order valence-electron chi connectivity index (χ1n) is 9.26. The summed E-state index contributed by atoms with van der Waals surface area (Å²) in [6, 6.07) is 21.7. The maximum atomic E-state index is 12.3. The molecule has 0 atom stereocenters. The molecular formula is C22H18N4O4. The number of anilines is 1. The molecule has 8 heteroatoms. The summed E-state index contributed by atoms with van der Waals surface area (Å²) >= 11 is 0. The second kappa shape index (κ2) is 8.44. The summed E-state index contributed by atoms with van der Waals surface area (Å²) in [6.07, 6.45) is 1.60. The third-order valence-corrected chi connectivity index (χ3v) is 4.60. The Kier molecular flexibility index (Phi) is 5.38. The van der Waals surface area contributed by atoms with Crippen molar-refractivity contribution in [2.45, 2.75) is 6.54 Å². The van der Waals surface area contributed by atoms with Crippen molar-refractivity contribution in [1.82, 2.24) is 9.78 Å². The number of rotatable bonds is 7. The lowest BCUT2D eigenvalue weighted by molar-refractivity contribution is -0.385. The van der Waals surface area contributed by atoms with Crippen molar-refractivity contribution < 1.29 is 14.5 Å².